The predicted molar refractivity (Wildman–Crippen MR) is 136 cm³/mol. The van der Waals surface area contributed by atoms with Gasteiger partial charge < -0.3 is 9.64 Å². The highest BCUT2D eigenvalue weighted by Gasteiger charge is 2.34. The molecule has 1 aromatic heterocycles. The van der Waals surface area contributed by atoms with Gasteiger partial charge in [-0.05, 0) is 44.9 Å². The van der Waals surface area contributed by atoms with Crippen molar-refractivity contribution in [2.75, 3.05) is 23.9 Å². The molecule has 2 fully saturated rings. The lowest BCUT2D eigenvalue weighted by molar-refractivity contribution is -0.116. The van der Waals surface area contributed by atoms with Crippen LogP contribution in [-0.4, -0.2) is 67.0 Å². The molecule has 1 aromatic rings. The molecule has 0 radical (unpaired) electrons. The summed E-state index contributed by atoms with van der Waals surface area (Å²) in [5, 5.41) is 3.46. The van der Waals surface area contributed by atoms with E-state index in [1.165, 1.54) is 29.5 Å². The minimum atomic E-state index is -3.57. The molecule has 0 atom stereocenters. The fourth-order valence-corrected chi connectivity index (χ4v) is 6.92. The van der Waals surface area contributed by atoms with Crippen LogP contribution in [0.3, 0.4) is 0 Å². The van der Waals surface area contributed by atoms with Gasteiger partial charge in [-0.25, -0.2) is 18.2 Å². The highest BCUT2D eigenvalue weighted by Crippen LogP contribution is 2.33. The van der Waals surface area contributed by atoms with Gasteiger partial charge in [0, 0.05) is 18.7 Å². The summed E-state index contributed by atoms with van der Waals surface area (Å²) in [6, 6.07) is 0.351. The number of nitrogens with zero attached hydrogens (tertiary/aromatic N) is 2. The van der Waals surface area contributed by atoms with Crippen LogP contribution in [0.4, 0.5) is 9.93 Å². The first-order valence-corrected chi connectivity index (χ1v) is 15.7. The number of anilines is 1. The Balaban J connectivity index is 1.58. The van der Waals surface area contributed by atoms with Crippen molar-refractivity contribution in [1.29, 1.82) is 0 Å². The van der Waals surface area contributed by atoms with E-state index in [1.807, 2.05) is 4.72 Å². The van der Waals surface area contributed by atoms with E-state index >= 15 is 0 Å². The molecule has 2 N–H and O–H groups in total. The van der Waals surface area contributed by atoms with Crippen LogP contribution in [0.5, 0.6) is 0 Å². The second-order valence-electron chi connectivity index (χ2n) is 9.00. The Labute approximate surface area is 210 Å². The maximum atomic E-state index is 13.4. The highest BCUT2D eigenvalue weighted by molar-refractivity contribution is 8.02. The maximum Gasteiger partial charge on any atom is 0.324 e. The van der Waals surface area contributed by atoms with Gasteiger partial charge in [0.1, 0.15) is 0 Å². The first kappa shape index (κ1) is 27.2. The number of aromatic nitrogens is 1. The molecule has 2 aliphatic carbocycles. The number of sulfonamides is 1. The van der Waals surface area contributed by atoms with Gasteiger partial charge in [-0.3, -0.25) is 14.8 Å². The largest absolute Gasteiger partial charge is 0.378 e. The lowest BCUT2D eigenvalue weighted by atomic mass is 9.88. The quantitative estimate of drug-likeness (QED) is 0.433. The average molecular weight is 533 g/mol. The number of nitrogens with one attached hydrogen (secondary N) is 2. The molecule has 0 aromatic carbocycles. The number of ether oxygens (including phenoxy) is 1. The molecule has 192 valence electrons. The van der Waals surface area contributed by atoms with Crippen molar-refractivity contribution in [1.82, 2.24) is 14.6 Å². The average Bonchev–Trinajstić information content (AvgIpc) is 3.24. The van der Waals surface area contributed by atoms with Gasteiger partial charge >= 0.3 is 6.03 Å². The number of hydrogen-bond acceptors (Lipinski definition) is 8. The van der Waals surface area contributed by atoms with Crippen molar-refractivity contribution in [2.24, 2.45) is 0 Å². The molecule has 0 aliphatic heterocycles. The molecule has 2 saturated carbocycles. The van der Waals surface area contributed by atoms with E-state index in [4.69, 9.17) is 4.74 Å². The Hall–Kier alpha value is -1.37. The highest BCUT2D eigenvalue weighted by atomic mass is 32.2. The normalized spacial score (nSPS) is 21.7. The third-order valence-electron chi connectivity index (χ3n) is 6.14. The molecule has 12 heteroatoms. The number of hydrogen-bond donors (Lipinski definition) is 2. The van der Waals surface area contributed by atoms with Crippen molar-refractivity contribution >= 4 is 50.2 Å². The molecule has 2 aliphatic rings. The van der Waals surface area contributed by atoms with Gasteiger partial charge in [-0.15, -0.1) is 11.8 Å². The second kappa shape index (κ2) is 13.1. The van der Waals surface area contributed by atoms with E-state index in [2.05, 4.69) is 22.1 Å². The lowest BCUT2D eigenvalue weighted by Crippen LogP contribution is -2.51. The Morgan fingerprint density at radius 1 is 1.15 bits per heavy atom. The van der Waals surface area contributed by atoms with Crippen molar-refractivity contribution in [3.05, 3.63) is 6.20 Å². The molecule has 0 saturated heterocycles. The molecule has 3 amide bonds. The number of urea groups is 1. The molecule has 0 unspecified atom stereocenters. The van der Waals surface area contributed by atoms with E-state index in [1.54, 1.807) is 6.20 Å². The summed E-state index contributed by atoms with van der Waals surface area (Å²) in [6.45, 7) is 2.91. The van der Waals surface area contributed by atoms with Crippen LogP contribution < -0.4 is 10.0 Å². The second-order valence-corrected chi connectivity index (χ2v) is 13.1. The zero-order chi connectivity index (χ0) is 24.6. The number of carbonyl (C=O) groups is 2. The predicted octanol–water partition coefficient (Wildman–Crippen LogP) is 4.22. The topological polar surface area (TPSA) is 118 Å². The van der Waals surface area contributed by atoms with Crippen LogP contribution in [0.15, 0.2) is 10.4 Å². The minimum Gasteiger partial charge on any atom is -0.378 e. The third-order valence-corrected chi connectivity index (χ3v) is 8.85. The SMILES string of the molecule is CCCOC1CCC(N(C(=O)Nc2ncc(SCC(=O)NS(C)(=O)=O)s2)C2CCCCC2)CC1. The van der Waals surface area contributed by atoms with E-state index < -0.39 is 15.9 Å². The smallest absolute Gasteiger partial charge is 0.324 e. The minimum absolute atomic E-state index is 0.0415. The van der Waals surface area contributed by atoms with Gasteiger partial charge in [0.2, 0.25) is 15.9 Å². The maximum absolute atomic E-state index is 13.4. The van der Waals surface area contributed by atoms with Gasteiger partial charge in [0.25, 0.3) is 0 Å². The molecule has 0 bridgehead atoms. The van der Waals surface area contributed by atoms with Crippen molar-refractivity contribution in [3.8, 4) is 0 Å². The number of thioether (sulfide) groups is 1. The van der Waals surface area contributed by atoms with Gasteiger partial charge in [-0.2, -0.15) is 0 Å². The first-order valence-electron chi connectivity index (χ1n) is 12.1. The summed E-state index contributed by atoms with van der Waals surface area (Å²) in [5.74, 6) is -0.631. The number of amides is 3. The van der Waals surface area contributed by atoms with Crippen LogP contribution in [0.1, 0.15) is 71.1 Å². The van der Waals surface area contributed by atoms with Crippen LogP contribution in [0.2, 0.25) is 0 Å². The summed E-state index contributed by atoms with van der Waals surface area (Å²) < 4.78 is 30.9. The summed E-state index contributed by atoms with van der Waals surface area (Å²) in [4.78, 5) is 31.5. The van der Waals surface area contributed by atoms with Gasteiger partial charge in [0.05, 0.1) is 28.5 Å². The molecule has 9 nitrogen and oxygen atoms in total. The Kier molecular flexibility index (Phi) is 10.5. The molecule has 1 heterocycles. The molecule has 34 heavy (non-hydrogen) atoms. The van der Waals surface area contributed by atoms with Crippen LogP contribution in [0, 0.1) is 0 Å². The van der Waals surface area contributed by atoms with Crippen molar-refractivity contribution < 1.29 is 22.7 Å². The van der Waals surface area contributed by atoms with Crippen LogP contribution in [0.25, 0.3) is 0 Å². The van der Waals surface area contributed by atoms with Crippen molar-refractivity contribution in [2.45, 2.75) is 93.5 Å². The van der Waals surface area contributed by atoms with Crippen LogP contribution >= 0.6 is 23.1 Å². The van der Waals surface area contributed by atoms with Crippen LogP contribution in [-0.2, 0) is 19.6 Å². The number of rotatable bonds is 10. The molecular weight excluding hydrogens is 496 g/mol. The molecule has 3 rings (SSSR count). The monoisotopic (exact) mass is 532 g/mol. The Morgan fingerprint density at radius 2 is 1.82 bits per heavy atom. The fourth-order valence-electron chi connectivity index (χ4n) is 4.68. The van der Waals surface area contributed by atoms with Gasteiger partial charge in [-0.1, -0.05) is 37.5 Å². The first-order chi connectivity index (χ1) is 16.2. The third kappa shape index (κ3) is 8.69. The summed E-state index contributed by atoms with van der Waals surface area (Å²) in [7, 11) is -3.57. The zero-order valence-corrected chi connectivity index (χ0v) is 22.4. The Morgan fingerprint density at radius 3 is 2.47 bits per heavy atom. The van der Waals surface area contributed by atoms with Gasteiger partial charge in [0.15, 0.2) is 5.13 Å². The molecule has 0 spiro atoms. The number of carbonyl (C=O) groups excluding carboxylic acids is 2. The Bertz CT molecular complexity index is 909. The summed E-state index contributed by atoms with van der Waals surface area (Å²) in [6.07, 6.45) is 13.3. The number of thiazole rings is 1. The summed E-state index contributed by atoms with van der Waals surface area (Å²) in [5.41, 5.74) is 0. The van der Waals surface area contributed by atoms with E-state index in [9.17, 15) is 18.0 Å². The standard InChI is InChI=1S/C22H36N4O5S3/c1-3-13-31-18-11-9-17(10-12-18)26(16-7-5-4-6-8-16)22(28)24-21-23-14-20(33-21)32-15-19(27)25-34(2,29)30/h14,16-18H,3-13,15H2,1-2H3,(H,25,27)(H,23,24,28). The van der Waals surface area contributed by atoms with E-state index in [0.29, 0.717) is 11.2 Å². The lowest BCUT2D eigenvalue weighted by Gasteiger charge is -2.42. The summed E-state index contributed by atoms with van der Waals surface area (Å²) >= 11 is 2.47. The van der Waals surface area contributed by atoms with E-state index in [0.717, 1.165) is 74.9 Å². The fraction of sp³-hybridized carbons (Fsp3) is 0.773. The zero-order valence-electron chi connectivity index (χ0n) is 20.0. The van der Waals surface area contributed by atoms with E-state index in [-0.39, 0.29) is 23.9 Å². The van der Waals surface area contributed by atoms with Crippen molar-refractivity contribution in [3.63, 3.8) is 0 Å². The molecular formula is C22H36N4O5S3.